The van der Waals surface area contributed by atoms with Crippen LogP contribution in [0.25, 0.3) is 0 Å². The van der Waals surface area contributed by atoms with Crippen LogP contribution < -0.4 is 10.6 Å². The van der Waals surface area contributed by atoms with E-state index in [4.69, 9.17) is 0 Å². The van der Waals surface area contributed by atoms with Gasteiger partial charge >= 0.3 is 0 Å². The minimum atomic E-state index is 0.635. The van der Waals surface area contributed by atoms with Crippen molar-refractivity contribution in [3.05, 3.63) is 0 Å². The molecule has 1 aliphatic rings. The van der Waals surface area contributed by atoms with Crippen LogP contribution >= 0.6 is 0 Å². The molecule has 0 aliphatic carbocycles. The van der Waals surface area contributed by atoms with Crippen molar-refractivity contribution in [2.24, 2.45) is 10.9 Å². The Kier molecular flexibility index (Phi) is 7.81. The van der Waals surface area contributed by atoms with Crippen LogP contribution in [0.4, 0.5) is 0 Å². The van der Waals surface area contributed by atoms with Crippen molar-refractivity contribution < 1.29 is 0 Å². The first-order valence-corrected chi connectivity index (χ1v) is 7.50. The second-order valence-corrected chi connectivity index (χ2v) is 5.22. The number of aliphatic imine (C=N–C) groups is 1. The van der Waals surface area contributed by atoms with E-state index in [1.807, 2.05) is 0 Å². The molecule has 0 aromatic heterocycles. The van der Waals surface area contributed by atoms with E-state index >= 15 is 0 Å². The van der Waals surface area contributed by atoms with Crippen LogP contribution in [0.2, 0.25) is 0 Å². The second kappa shape index (κ2) is 9.20. The van der Waals surface area contributed by atoms with Gasteiger partial charge in [-0.2, -0.15) is 0 Å². The maximum Gasteiger partial charge on any atom is 0.191 e. The molecule has 1 aliphatic heterocycles. The lowest BCUT2D eigenvalue weighted by atomic mass is 10.1. The Labute approximate surface area is 112 Å². The van der Waals surface area contributed by atoms with Crippen molar-refractivity contribution in [1.82, 2.24) is 15.5 Å². The normalized spacial score (nSPS) is 18.2. The Balaban J connectivity index is 2.28. The van der Waals surface area contributed by atoms with Gasteiger partial charge in [0.05, 0.1) is 0 Å². The van der Waals surface area contributed by atoms with Gasteiger partial charge in [-0.05, 0) is 45.7 Å². The largest absolute Gasteiger partial charge is 0.357 e. The summed E-state index contributed by atoms with van der Waals surface area (Å²) in [7, 11) is 0. The van der Waals surface area contributed by atoms with Crippen molar-refractivity contribution in [3.8, 4) is 0 Å². The average molecular weight is 254 g/mol. The van der Waals surface area contributed by atoms with Gasteiger partial charge in [-0.3, -0.25) is 4.99 Å². The minimum Gasteiger partial charge on any atom is -0.357 e. The number of nitrogens with one attached hydrogen (secondary N) is 2. The zero-order valence-electron chi connectivity index (χ0n) is 12.3. The Bertz CT molecular complexity index is 226. The molecular formula is C14H30N4. The zero-order chi connectivity index (χ0) is 13.2. The maximum atomic E-state index is 4.64. The third kappa shape index (κ3) is 6.24. The van der Waals surface area contributed by atoms with Crippen molar-refractivity contribution in [3.63, 3.8) is 0 Å². The summed E-state index contributed by atoms with van der Waals surface area (Å²) < 4.78 is 0. The molecule has 4 nitrogen and oxygen atoms in total. The van der Waals surface area contributed by atoms with Crippen LogP contribution in [0.15, 0.2) is 4.99 Å². The van der Waals surface area contributed by atoms with Crippen LogP contribution in [0.1, 0.15) is 40.0 Å². The third-order valence-electron chi connectivity index (χ3n) is 3.27. The molecule has 0 aromatic carbocycles. The van der Waals surface area contributed by atoms with Gasteiger partial charge in [0.2, 0.25) is 0 Å². The van der Waals surface area contributed by atoms with Crippen molar-refractivity contribution in [2.45, 2.75) is 40.0 Å². The van der Waals surface area contributed by atoms with Crippen molar-refractivity contribution in [2.75, 3.05) is 39.3 Å². The van der Waals surface area contributed by atoms with E-state index in [-0.39, 0.29) is 0 Å². The first-order chi connectivity index (χ1) is 8.76. The smallest absolute Gasteiger partial charge is 0.191 e. The highest BCUT2D eigenvalue weighted by Crippen LogP contribution is 2.10. The summed E-state index contributed by atoms with van der Waals surface area (Å²) in [6.45, 7) is 13.0. The van der Waals surface area contributed by atoms with Gasteiger partial charge < -0.3 is 15.5 Å². The zero-order valence-corrected chi connectivity index (χ0v) is 12.3. The molecule has 0 spiro atoms. The molecule has 2 N–H and O–H groups in total. The Morgan fingerprint density at radius 1 is 1.11 bits per heavy atom. The quantitative estimate of drug-likeness (QED) is 0.560. The van der Waals surface area contributed by atoms with Crippen molar-refractivity contribution in [1.29, 1.82) is 0 Å². The average Bonchev–Trinajstić information content (AvgIpc) is 2.38. The highest BCUT2D eigenvalue weighted by atomic mass is 15.2. The molecule has 1 heterocycles. The summed E-state index contributed by atoms with van der Waals surface area (Å²) in [5.41, 5.74) is 0. The molecule has 0 radical (unpaired) electrons. The Morgan fingerprint density at radius 3 is 2.28 bits per heavy atom. The van der Waals surface area contributed by atoms with Crippen LogP contribution in [0.3, 0.4) is 0 Å². The highest BCUT2D eigenvalue weighted by molar-refractivity contribution is 5.79. The minimum absolute atomic E-state index is 0.635. The fourth-order valence-corrected chi connectivity index (χ4v) is 2.40. The summed E-state index contributed by atoms with van der Waals surface area (Å²) in [5.74, 6) is 1.58. The first kappa shape index (κ1) is 15.3. The standard InChI is InChI=1S/C14H30N4/c1-4-15-14(16-5-2)17-11-13(3)12-18-9-7-6-8-10-18/h13H,4-12H2,1-3H3,(H2,15,16,17). The van der Waals surface area contributed by atoms with Gasteiger partial charge in [0.1, 0.15) is 0 Å². The van der Waals surface area contributed by atoms with Crippen molar-refractivity contribution >= 4 is 5.96 Å². The molecule has 1 atom stereocenters. The number of hydrogen-bond donors (Lipinski definition) is 2. The van der Waals surface area contributed by atoms with E-state index in [1.165, 1.54) is 38.9 Å². The lowest BCUT2D eigenvalue weighted by molar-refractivity contribution is 0.203. The van der Waals surface area contributed by atoms with Gasteiger partial charge in [0, 0.05) is 26.2 Å². The Morgan fingerprint density at radius 2 is 1.72 bits per heavy atom. The molecule has 0 bridgehead atoms. The lowest BCUT2D eigenvalue weighted by Gasteiger charge is -2.28. The molecule has 1 saturated heterocycles. The van der Waals surface area contributed by atoms with E-state index in [0.717, 1.165) is 25.6 Å². The monoisotopic (exact) mass is 254 g/mol. The summed E-state index contributed by atoms with van der Waals surface area (Å²) in [5, 5.41) is 6.54. The molecular weight excluding hydrogens is 224 g/mol. The maximum absolute atomic E-state index is 4.64. The van der Waals surface area contributed by atoms with Crippen LogP contribution in [0.5, 0.6) is 0 Å². The fourth-order valence-electron chi connectivity index (χ4n) is 2.40. The molecule has 1 fully saturated rings. The van der Waals surface area contributed by atoms with Gasteiger partial charge in [-0.25, -0.2) is 0 Å². The van der Waals surface area contributed by atoms with Crippen LogP contribution in [-0.4, -0.2) is 50.1 Å². The van der Waals surface area contributed by atoms with Gasteiger partial charge in [-0.1, -0.05) is 13.3 Å². The van der Waals surface area contributed by atoms with Gasteiger partial charge in [-0.15, -0.1) is 0 Å². The lowest BCUT2D eigenvalue weighted by Crippen LogP contribution is -2.38. The summed E-state index contributed by atoms with van der Waals surface area (Å²) >= 11 is 0. The number of piperidine rings is 1. The predicted octanol–water partition coefficient (Wildman–Crippen LogP) is 1.68. The molecule has 106 valence electrons. The second-order valence-electron chi connectivity index (χ2n) is 5.22. The summed E-state index contributed by atoms with van der Waals surface area (Å²) in [6, 6.07) is 0. The van der Waals surface area contributed by atoms with E-state index in [9.17, 15) is 0 Å². The summed E-state index contributed by atoms with van der Waals surface area (Å²) in [6.07, 6.45) is 4.15. The topological polar surface area (TPSA) is 39.7 Å². The van der Waals surface area contributed by atoms with Crippen LogP contribution in [-0.2, 0) is 0 Å². The van der Waals surface area contributed by atoms with E-state index in [0.29, 0.717) is 5.92 Å². The number of guanidine groups is 1. The van der Waals surface area contributed by atoms with E-state index in [1.54, 1.807) is 0 Å². The first-order valence-electron chi connectivity index (χ1n) is 7.50. The van der Waals surface area contributed by atoms with Gasteiger partial charge in [0.25, 0.3) is 0 Å². The predicted molar refractivity (Wildman–Crippen MR) is 79.1 cm³/mol. The third-order valence-corrected chi connectivity index (χ3v) is 3.27. The SMILES string of the molecule is CCNC(=NCC(C)CN1CCCCC1)NCC. The Hall–Kier alpha value is -0.770. The molecule has 1 unspecified atom stereocenters. The number of hydrogen-bond acceptors (Lipinski definition) is 2. The number of likely N-dealkylation sites (tertiary alicyclic amines) is 1. The molecule has 1 rings (SSSR count). The van der Waals surface area contributed by atoms with Gasteiger partial charge in [0.15, 0.2) is 5.96 Å². The van der Waals surface area contributed by atoms with E-state index in [2.05, 4.69) is 41.3 Å². The number of nitrogens with zero attached hydrogens (tertiary/aromatic N) is 2. The molecule has 4 heteroatoms. The highest BCUT2D eigenvalue weighted by Gasteiger charge is 2.13. The number of rotatable bonds is 6. The van der Waals surface area contributed by atoms with Crippen LogP contribution in [0, 0.1) is 5.92 Å². The molecule has 0 aromatic rings. The van der Waals surface area contributed by atoms with E-state index < -0.39 is 0 Å². The molecule has 0 amide bonds. The fraction of sp³-hybridized carbons (Fsp3) is 0.929. The molecule has 0 saturated carbocycles. The molecule has 18 heavy (non-hydrogen) atoms. The summed E-state index contributed by atoms with van der Waals surface area (Å²) in [4.78, 5) is 7.22.